The average molecular weight is 369 g/mol. The molecule has 1 heterocycles. The van der Waals surface area contributed by atoms with Gasteiger partial charge in [-0.2, -0.15) is 0 Å². The second kappa shape index (κ2) is 6.82. The second-order valence-electron chi connectivity index (χ2n) is 4.46. The van der Waals surface area contributed by atoms with Gasteiger partial charge in [0, 0.05) is 15.4 Å². The van der Waals surface area contributed by atoms with Crippen LogP contribution < -0.4 is 5.32 Å². The molecule has 1 aromatic carbocycles. The van der Waals surface area contributed by atoms with E-state index >= 15 is 0 Å². The van der Waals surface area contributed by atoms with Gasteiger partial charge in [-0.1, -0.05) is 28.1 Å². The first-order valence-corrected chi connectivity index (χ1v) is 7.85. The molecule has 2 rings (SSSR count). The fourth-order valence-electron chi connectivity index (χ4n) is 1.66. The van der Waals surface area contributed by atoms with Gasteiger partial charge >= 0.3 is 5.97 Å². The normalized spacial score (nSPS) is 11.9. The summed E-state index contributed by atoms with van der Waals surface area (Å²) in [6.45, 7) is 1.42. The molecule has 0 aliphatic carbocycles. The fourth-order valence-corrected chi connectivity index (χ4v) is 2.88. The number of hydrogen-bond acceptors (Lipinski definition) is 4. The summed E-state index contributed by atoms with van der Waals surface area (Å²) in [7, 11) is 0. The van der Waals surface area contributed by atoms with Gasteiger partial charge in [0.05, 0.1) is 12.1 Å². The SMILES string of the molecule is CC(NC(=O)Cc1csc(-c2cccc(Br)c2)n1)C(=O)O. The maximum Gasteiger partial charge on any atom is 0.325 e. The van der Waals surface area contributed by atoms with Crippen LogP contribution in [0.2, 0.25) is 0 Å². The number of rotatable bonds is 5. The highest BCUT2D eigenvalue weighted by molar-refractivity contribution is 9.10. The van der Waals surface area contributed by atoms with E-state index < -0.39 is 12.0 Å². The Labute approximate surface area is 134 Å². The summed E-state index contributed by atoms with van der Waals surface area (Å²) in [4.78, 5) is 26.8. The molecule has 0 bridgehead atoms. The van der Waals surface area contributed by atoms with Crippen molar-refractivity contribution < 1.29 is 14.7 Å². The van der Waals surface area contributed by atoms with Gasteiger partial charge in [0.2, 0.25) is 5.91 Å². The van der Waals surface area contributed by atoms with E-state index in [0.29, 0.717) is 5.69 Å². The van der Waals surface area contributed by atoms with Gasteiger partial charge in [0.25, 0.3) is 0 Å². The van der Waals surface area contributed by atoms with Crippen molar-refractivity contribution in [2.75, 3.05) is 0 Å². The van der Waals surface area contributed by atoms with Crippen molar-refractivity contribution in [2.24, 2.45) is 0 Å². The number of carboxylic acids is 1. The van der Waals surface area contributed by atoms with Gasteiger partial charge < -0.3 is 10.4 Å². The summed E-state index contributed by atoms with van der Waals surface area (Å²) >= 11 is 4.85. The number of hydrogen-bond donors (Lipinski definition) is 2. The number of carboxylic acid groups (broad SMARTS) is 1. The maximum absolute atomic E-state index is 11.7. The molecule has 21 heavy (non-hydrogen) atoms. The lowest BCUT2D eigenvalue weighted by atomic mass is 10.2. The van der Waals surface area contributed by atoms with Crippen molar-refractivity contribution >= 4 is 39.1 Å². The Hall–Kier alpha value is -1.73. The quantitative estimate of drug-likeness (QED) is 0.850. The van der Waals surface area contributed by atoms with E-state index in [0.717, 1.165) is 15.0 Å². The molecule has 7 heteroatoms. The molecule has 110 valence electrons. The highest BCUT2D eigenvalue weighted by Crippen LogP contribution is 2.26. The van der Waals surface area contributed by atoms with Crippen LogP contribution in [-0.4, -0.2) is 28.0 Å². The summed E-state index contributed by atoms with van der Waals surface area (Å²) < 4.78 is 0.963. The molecule has 1 unspecified atom stereocenters. The van der Waals surface area contributed by atoms with Crippen LogP contribution in [0.5, 0.6) is 0 Å². The van der Waals surface area contributed by atoms with Crippen LogP contribution in [0.3, 0.4) is 0 Å². The Balaban J connectivity index is 2.03. The van der Waals surface area contributed by atoms with Crippen molar-refractivity contribution in [3.05, 3.63) is 39.8 Å². The van der Waals surface area contributed by atoms with Crippen molar-refractivity contribution in [3.63, 3.8) is 0 Å². The van der Waals surface area contributed by atoms with Crippen LogP contribution in [0, 0.1) is 0 Å². The maximum atomic E-state index is 11.7. The molecule has 1 amide bonds. The van der Waals surface area contributed by atoms with Crippen molar-refractivity contribution in [1.82, 2.24) is 10.3 Å². The van der Waals surface area contributed by atoms with Crippen LogP contribution >= 0.6 is 27.3 Å². The molecule has 1 atom stereocenters. The Bertz CT molecular complexity index is 672. The number of carbonyl (C=O) groups excluding carboxylic acids is 1. The molecule has 5 nitrogen and oxygen atoms in total. The van der Waals surface area contributed by atoms with Crippen molar-refractivity contribution in [2.45, 2.75) is 19.4 Å². The smallest absolute Gasteiger partial charge is 0.325 e. The zero-order valence-electron chi connectivity index (χ0n) is 11.2. The Morgan fingerprint density at radius 1 is 1.48 bits per heavy atom. The Morgan fingerprint density at radius 2 is 2.24 bits per heavy atom. The highest BCUT2D eigenvalue weighted by atomic mass is 79.9. The number of aliphatic carboxylic acids is 1. The Kier molecular flexibility index (Phi) is 5.08. The van der Waals surface area contributed by atoms with Gasteiger partial charge in [-0.25, -0.2) is 4.98 Å². The predicted molar refractivity (Wildman–Crippen MR) is 84.2 cm³/mol. The zero-order chi connectivity index (χ0) is 15.4. The molecule has 0 aliphatic heterocycles. The van der Waals surface area contributed by atoms with Gasteiger partial charge in [0.1, 0.15) is 11.0 Å². The minimum absolute atomic E-state index is 0.0716. The van der Waals surface area contributed by atoms with Gasteiger partial charge in [-0.15, -0.1) is 11.3 Å². The summed E-state index contributed by atoms with van der Waals surface area (Å²) in [5.74, 6) is -1.41. The number of halogens is 1. The first kappa shape index (κ1) is 15.7. The summed E-state index contributed by atoms with van der Waals surface area (Å²) in [5.41, 5.74) is 1.60. The highest BCUT2D eigenvalue weighted by Gasteiger charge is 2.15. The predicted octanol–water partition coefficient (Wildman–Crippen LogP) is 2.70. The topological polar surface area (TPSA) is 79.3 Å². The third-order valence-electron chi connectivity index (χ3n) is 2.71. The first-order valence-electron chi connectivity index (χ1n) is 6.18. The van der Waals surface area contributed by atoms with Gasteiger partial charge in [0.15, 0.2) is 0 Å². The van der Waals surface area contributed by atoms with Crippen molar-refractivity contribution in [3.8, 4) is 10.6 Å². The van der Waals surface area contributed by atoms with E-state index in [1.807, 2.05) is 24.3 Å². The number of carbonyl (C=O) groups is 2. The standard InChI is InChI=1S/C14H13BrN2O3S/c1-8(14(19)20)16-12(18)6-11-7-21-13(17-11)9-3-2-4-10(15)5-9/h2-5,7-8H,6H2,1H3,(H,16,18)(H,19,20). The number of nitrogens with one attached hydrogen (secondary N) is 1. The minimum atomic E-state index is -1.06. The molecular weight excluding hydrogens is 356 g/mol. The number of nitrogens with zero attached hydrogens (tertiary/aromatic N) is 1. The summed E-state index contributed by atoms with van der Waals surface area (Å²) in [5, 5.41) is 13.8. The first-order chi connectivity index (χ1) is 9.95. The lowest BCUT2D eigenvalue weighted by Crippen LogP contribution is -2.39. The molecule has 0 aliphatic rings. The molecule has 0 radical (unpaired) electrons. The third-order valence-corrected chi connectivity index (χ3v) is 4.15. The monoisotopic (exact) mass is 368 g/mol. The largest absolute Gasteiger partial charge is 0.480 e. The van der Waals surface area contributed by atoms with E-state index in [2.05, 4.69) is 26.2 Å². The van der Waals surface area contributed by atoms with Crippen molar-refractivity contribution in [1.29, 1.82) is 0 Å². The molecule has 0 fully saturated rings. The summed E-state index contributed by atoms with van der Waals surface area (Å²) in [6.07, 6.45) is 0.0716. The van der Waals surface area contributed by atoms with Crippen LogP contribution in [0.1, 0.15) is 12.6 Å². The van der Waals surface area contributed by atoms with E-state index in [9.17, 15) is 9.59 Å². The van der Waals surface area contributed by atoms with E-state index in [-0.39, 0.29) is 12.3 Å². The number of amides is 1. The van der Waals surface area contributed by atoms with Gasteiger partial charge in [-0.3, -0.25) is 9.59 Å². The molecule has 2 aromatic rings. The molecule has 1 aromatic heterocycles. The number of thiazole rings is 1. The lowest BCUT2D eigenvalue weighted by molar-refractivity contribution is -0.141. The lowest BCUT2D eigenvalue weighted by Gasteiger charge is -2.07. The molecular formula is C14H13BrN2O3S. The van der Waals surface area contributed by atoms with Crippen LogP contribution in [0.25, 0.3) is 10.6 Å². The van der Waals surface area contributed by atoms with Crippen LogP contribution in [0.4, 0.5) is 0 Å². The molecule has 0 saturated carbocycles. The molecule has 0 saturated heterocycles. The molecule has 0 spiro atoms. The van der Waals surface area contributed by atoms with Crippen LogP contribution in [0.15, 0.2) is 34.1 Å². The van der Waals surface area contributed by atoms with E-state index in [1.165, 1.54) is 18.3 Å². The van der Waals surface area contributed by atoms with Crippen LogP contribution in [-0.2, 0) is 16.0 Å². The zero-order valence-corrected chi connectivity index (χ0v) is 13.6. The molecule has 2 N–H and O–H groups in total. The van der Waals surface area contributed by atoms with Gasteiger partial charge in [-0.05, 0) is 19.1 Å². The van der Waals surface area contributed by atoms with E-state index in [4.69, 9.17) is 5.11 Å². The average Bonchev–Trinajstić information content (AvgIpc) is 2.86. The Morgan fingerprint density at radius 3 is 2.90 bits per heavy atom. The van der Waals surface area contributed by atoms with E-state index in [1.54, 1.807) is 5.38 Å². The third kappa shape index (κ3) is 4.37. The number of benzene rings is 1. The number of aromatic nitrogens is 1. The minimum Gasteiger partial charge on any atom is -0.480 e. The fraction of sp³-hybridized carbons (Fsp3) is 0.214. The summed E-state index contributed by atoms with van der Waals surface area (Å²) in [6, 6.07) is 6.84. The second-order valence-corrected chi connectivity index (χ2v) is 6.23.